The molecule has 9 heteroatoms. The average Bonchev–Trinajstić information content (AvgIpc) is 3.13. The summed E-state index contributed by atoms with van der Waals surface area (Å²) in [7, 11) is 0. The number of nitrogens with one attached hydrogen (secondary N) is 1. The summed E-state index contributed by atoms with van der Waals surface area (Å²) in [6.07, 6.45) is -0.519. The minimum atomic E-state index is -0.519. The van der Waals surface area contributed by atoms with Gasteiger partial charge in [-0.1, -0.05) is 35.5 Å². The number of rotatable bonds is 7. The van der Waals surface area contributed by atoms with Crippen molar-refractivity contribution in [2.24, 2.45) is 0 Å². The summed E-state index contributed by atoms with van der Waals surface area (Å²) >= 11 is 7.10. The molecule has 1 atom stereocenters. The Bertz CT molecular complexity index is 920. The van der Waals surface area contributed by atoms with Gasteiger partial charge in [0.25, 0.3) is 11.1 Å². The molecule has 1 amide bonds. The fourth-order valence-electron chi connectivity index (χ4n) is 2.09. The molecule has 1 N–H and O–H groups in total. The number of amides is 1. The minimum Gasteiger partial charge on any atom is -0.481 e. The van der Waals surface area contributed by atoms with Gasteiger partial charge in [-0.05, 0) is 43.3 Å². The highest BCUT2D eigenvalue weighted by atomic mass is 35.5. The van der Waals surface area contributed by atoms with E-state index in [1.54, 1.807) is 31.2 Å². The van der Waals surface area contributed by atoms with Crippen LogP contribution in [0, 0.1) is 5.82 Å². The van der Waals surface area contributed by atoms with Crippen LogP contribution in [-0.4, -0.2) is 21.9 Å². The van der Waals surface area contributed by atoms with Gasteiger partial charge in [0.15, 0.2) is 6.10 Å². The fraction of sp³-hybridized carbons (Fsp3) is 0.167. The van der Waals surface area contributed by atoms with Gasteiger partial charge in [0.1, 0.15) is 11.6 Å². The van der Waals surface area contributed by atoms with Gasteiger partial charge in [-0.25, -0.2) is 4.39 Å². The lowest BCUT2D eigenvalue weighted by Gasteiger charge is -2.10. The number of nitrogens with zero attached hydrogens (tertiary/aromatic N) is 2. The Morgan fingerprint density at radius 3 is 2.74 bits per heavy atom. The zero-order valence-electron chi connectivity index (χ0n) is 14.2. The number of anilines is 1. The number of halogens is 2. The number of carbonyl (C=O) groups excluding carboxylic acids is 1. The average molecular weight is 408 g/mol. The van der Waals surface area contributed by atoms with E-state index >= 15 is 0 Å². The van der Waals surface area contributed by atoms with Gasteiger partial charge in [0.05, 0.1) is 16.5 Å². The van der Waals surface area contributed by atoms with Crippen molar-refractivity contribution >= 4 is 35.0 Å². The maximum absolute atomic E-state index is 12.9. The van der Waals surface area contributed by atoms with E-state index in [1.807, 2.05) is 0 Å². The van der Waals surface area contributed by atoms with Crippen LogP contribution in [0.5, 0.6) is 5.75 Å². The van der Waals surface area contributed by atoms with Crippen LogP contribution >= 0.6 is 23.4 Å². The number of benzene rings is 2. The van der Waals surface area contributed by atoms with Crippen molar-refractivity contribution in [1.82, 2.24) is 10.2 Å². The Morgan fingerprint density at radius 1 is 1.26 bits per heavy atom. The number of carbonyl (C=O) groups is 1. The molecule has 0 aliphatic rings. The van der Waals surface area contributed by atoms with E-state index in [2.05, 4.69) is 15.5 Å². The summed E-state index contributed by atoms with van der Waals surface area (Å²) < 4.78 is 24.0. The molecule has 0 spiro atoms. The molecule has 0 aliphatic heterocycles. The lowest BCUT2D eigenvalue weighted by atomic mass is 10.3. The lowest BCUT2D eigenvalue weighted by Crippen LogP contribution is -2.14. The van der Waals surface area contributed by atoms with Gasteiger partial charge in [0, 0.05) is 0 Å². The predicted octanol–water partition coefficient (Wildman–Crippen LogP) is 4.73. The van der Waals surface area contributed by atoms with Crippen molar-refractivity contribution in [3.05, 3.63) is 65.3 Å². The van der Waals surface area contributed by atoms with Crippen LogP contribution < -0.4 is 10.1 Å². The number of aromatic nitrogens is 2. The van der Waals surface area contributed by atoms with Crippen molar-refractivity contribution in [3.8, 4) is 5.75 Å². The van der Waals surface area contributed by atoms with E-state index in [9.17, 15) is 9.18 Å². The first-order valence-corrected chi connectivity index (χ1v) is 9.30. The normalized spacial score (nSPS) is 11.8. The molecule has 0 saturated heterocycles. The van der Waals surface area contributed by atoms with Crippen molar-refractivity contribution < 1.29 is 18.3 Å². The Kier molecular flexibility index (Phi) is 6.31. The fourth-order valence-corrected chi connectivity index (χ4v) is 2.84. The summed E-state index contributed by atoms with van der Waals surface area (Å²) in [4.78, 5) is 12.0. The number of hydrogen-bond donors (Lipinski definition) is 1. The molecule has 2 aromatic carbocycles. The van der Waals surface area contributed by atoms with Crippen molar-refractivity contribution in [2.75, 3.05) is 11.1 Å². The van der Waals surface area contributed by atoms with Gasteiger partial charge >= 0.3 is 0 Å². The molecule has 0 radical (unpaired) electrons. The Morgan fingerprint density at radius 2 is 2.00 bits per heavy atom. The van der Waals surface area contributed by atoms with Crippen molar-refractivity contribution in [3.63, 3.8) is 0 Å². The second kappa shape index (κ2) is 8.88. The SMILES string of the molecule is C[C@H](Oc1ccc(F)cc1)c1nnc(SCC(=O)Nc2ccccc2Cl)o1. The second-order valence-electron chi connectivity index (χ2n) is 5.44. The van der Waals surface area contributed by atoms with Gasteiger partial charge in [-0.3, -0.25) is 4.79 Å². The zero-order valence-corrected chi connectivity index (χ0v) is 15.8. The molecule has 0 bridgehead atoms. The third-order valence-corrected chi connectivity index (χ3v) is 4.52. The van der Waals surface area contributed by atoms with Crippen molar-refractivity contribution in [2.45, 2.75) is 18.3 Å². The largest absolute Gasteiger partial charge is 0.481 e. The number of hydrogen-bond acceptors (Lipinski definition) is 6. The van der Waals surface area contributed by atoms with Gasteiger partial charge in [0.2, 0.25) is 5.91 Å². The van der Waals surface area contributed by atoms with E-state index in [0.29, 0.717) is 16.5 Å². The van der Waals surface area contributed by atoms with Gasteiger partial charge in [-0.15, -0.1) is 10.2 Å². The number of para-hydroxylation sites is 1. The first-order chi connectivity index (χ1) is 13.0. The number of thioether (sulfide) groups is 1. The molecule has 27 heavy (non-hydrogen) atoms. The van der Waals surface area contributed by atoms with E-state index in [0.717, 1.165) is 11.8 Å². The molecule has 0 saturated carbocycles. The molecule has 1 aromatic heterocycles. The Balaban J connectivity index is 1.52. The standard InChI is InChI=1S/C18H15ClFN3O3S/c1-11(25-13-8-6-12(20)7-9-13)17-22-23-18(26-17)27-10-16(24)21-15-5-3-2-4-14(15)19/h2-9,11H,10H2,1H3,(H,21,24)/t11-/m0/s1. The Labute approximate surface area is 164 Å². The third kappa shape index (κ3) is 5.45. The zero-order chi connectivity index (χ0) is 19.2. The summed E-state index contributed by atoms with van der Waals surface area (Å²) in [5, 5.41) is 11.2. The molecule has 6 nitrogen and oxygen atoms in total. The third-order valence-electron chi connectivity index (χ3n) is 3.37. The molecular formula is C18H15ClFN3O3S. The minimum absolute atomic E-state index is 0.0834. The highest BCUT2D eigenvalue weighted by Gasteiger charge is 2.17. The molecule has 3 aromatic rings. The summed E-state index contributed by atoms with van der Waals surface area (Å²) in [6, 6.07) is 12.6. The Hall–Kier alpha value is -2.58. The second-order valence-corrected chi connectivity index (χ2v) is 6.77. The lowest BCUT2D eigenvalue weighted by molar-refractivity contribution is -0.113. The predicted molar refractivity (Wildman–Crippen MR) is 101 cm³/mol. The molecule has 0 aliphatic carbocycles. The first-order valence-electron chi connectivity index (χ1n) is 7.94. The quantitative estimate of drug-likeness (QED) is 0.570. The van der Waals surface area contributed by atoms with Crippen LogP contribution in [0.4, 0.5) is 10.1 Å². The molecule has 1 heterocycles. The monoisotopic (exact) mass is 407 g/mol. The van der Waals surface area contributed by atoms with Crippen molar-refractivity contribution in [1.29, 1.82) is 0 Å². The smallest absolute Gasteiger partial charge is 0.277 e. The van der Waals surface area contributed by atoms with Crippen LogP contribution in [0.25, 0.3) is 0 Å². The maximum Gasteiger partial charge on any atom is 0.277 e. The van der Waals surface area contributed by atoms with Crippen LogP contribution in [0.1, 0.15) is 18.9 Å². The summed E-state index contributed by atoms with van der Waals surface area (Å²) in [5.74, 6) is 0.230. The highest BCUT2D eigenvalue weighted by Crippen LogP contribution is 2.25. The van der Waals surface area contributed by atoms with Crippen LogP contribution in [0.15, 0.2) is 58.2 Å². The van der Waals surface area contributed by atoms with Gasteiger partial charge in [-0.2, -0.15) is 0 Å². The maximum atomic E-state index is 12.9. The van der Waals surface area contributed by atoms with E-state index in [1.165, 1.54) is 24.3 Å². The van der Waals surface area contributed by atoms with Crippen LogP contribution in [-0.2, 0) is 4.79 Å². The molecule has 0 fully saturated rings. The van der Waals surface area contributed by atoms with E-state index in [4.69, 9.17) is 20.8 Å². The topological polar surface area (TPSA) is 77.2 Å². The first kappa shape index (κ1) is 19.2. The summed E-state index contributed by atoms with van der Waals surface area (Å²) in [6.45, 7) is 1.73. The number of ether oxygens (including phenoxy) is 1. The van der Waals surface area contributed by atoms with Gasteiger partial charge < -0.3 is 14.5 Å². The summed E-state index contributed by atoms with van der Waals surface area (Å²) in [5.41, 5.74) is 0.539. The molecule has 0 unspecified atom stereocenters. The molecule has 140 valence electrons. The van der Waals surface area contributed by atoms with Crippen LogP contribution in [0.3, 0.4) is 0 Å². The highest BCUT2D eigenvalue weighted by molar-refractivity contribution is 7.99. The van der Waals surface area contributed by atoms with E-state index in [-0.39, 0.29) is 28.6 Å². The molecular weight excluding hydrogens is 393 g/mol. The van der Waals surface area contributed by atoms with E-state index < -0.39 is 6.10 Å². The molecule has 3 rings (SSSR count). The van der Waals surface area contributed by atoms with Crippen LogP contribution in [0.2, 0.25) is 5.02 Å².